The lowest BCUT2D eigenvalue weighted by molar-refractivity contribution is -0.121. The largest absolute Gasteiger partial charge is 0.352 e. The lowest BCUT2D eigenvalue weighted by atomic mass is 10.1. The van der Waals surface area contributed by atoms with Crippen LogP contribution in [0.1, 0.15) is 49.0 Å². The molecule has 0 spiro atoms. The van der Waals surface area contributed by atoms with Gasteiger partial charge in [-0.15, -0.1) is 0 Å². The maximum absolute atomic E-state index is 12.7. The molecular formula is C22H26N4O3. The molecule has 0 aliphatic carbocycles. The van der Waals surface area contributed by atoms with Crippen molar-refractivity contribution in [2.75, 3.05) is 0 Å². The van der Waals surface area contributed by atoms with Crippen molar-refractivity contribution in [2.24, 2.45) is 0 Å². The first-order chi connectivity index (χ1) is 13.8. The Kier molecular flexibility index (Phi) is 6.26. The third kappa shape index (κ3) is 4.99. The van der Waals surface area contributed by atoms with E-state index in [0.29, 0.717) is 24.4 Å². The van der Waals surface area contributed by atoms with Crippen molar-refractivity contribution in [2.45, 2.75) is 53.1 Å². The summed E-state index contributed by atoms with van der Waals surface area (Å²) in [5, 5.41) is 6.81. The number of nitrogens with zero attached hydrogens (tertiary/aromatic N) is 3. The van der Waals surface area contributed by atoms with Gasteiger partial charge in [0, 0.05) is 31.1 Å². The van der Waals surface area contributed by atoms with Crippen molar-refractivity contribution in [3.05, 3.63) is 69.5 Å². The van der Waals surface area contributed by atoms with Gasteiger partial charge in [-0.25, -0.2) is 0 Å². The molecule has 29 heavy (non-hydrogen) atoms. The molecule has 0 unspecified atom stereocenters. The van der Waals surface area contributed by atoms with Crippen molar-refractivity contribution in [3.63, 3.8) is 0 Å². The quantitative estimate of drug-likeness (QED) is 0.664. The molecule has 0 aliphatic heterocycles. The number of amides is 1. The summed E-state index contributed by atoms with van der Waals surface area (Å²) in [6.07, 6.45) is 0.550. The molecule has 0 bridgehead atoms. The van der Waals surface area contributed by atoms with Gasteiger partial charge in [0.25, 0.3) is 5.56 Å². The monoisotopic (exact) mass is 394 g/mol. The standard InChI is InChI=1S/C22H26N4O3/c1-14(2)26-16(4)7-10-18(22(26)28)21-24-20(29-25-21)12-11-19(27)23-13-17-8-5-15(3)6-9-17/h5-10,14H,11-13H2,1-4H3,(H,23,27). The first kappa shape index (κ1) is 20.5. The number of hydrogen-bond donors (Lipinski definition) is 1. The summed E-state index contributed by atoms with van der Waals surface area (Å²) in [5.74, 6) is 0.490. The molecule has 0 atom stereocenters. The molecule has 3 aromatic rings. The van der Waals surface area contributed by atoms with Crippen LogP contribution in [-0.2, 0) is 17.8 Å². The SMILES string of the molecule is Cc1ccc(CNC(=O)CCc2nc(-c3ccc(C)n(C(C)C)c3=O)no2)cc1. The van der Waals surface area contributed by atoms with E-state index in [2.05, 4.69) is 15.5 Å². The van der Waals surface area contributed by atoms with E-state index < -0.39 is 0 Å². The highest BCUT2D eigenvalue weighted by Crippen LogP contribution is 2.15. The smallest absolute Gasteiger partial charge is 0.262 e. The van der Waals surface area contributed by atoms with Crippen LogP contribution < -0.4 is 10.9 Å². The average Bonchev–Trinajstić information content (AvgIpc) is 3.14. The highest BCUT2D eigenvalue weighted by molar-refractivity contribution is 5.76. The number of rotatable bonds is 7. The topological polar surface area (TPSA) is 90.0 Å². The summed E-state index contributed by atoms with van der Waals surface area (Å²) in [6, 6.07) is 11.6. The molecule has 3 rings (SSSR count). The molecular weight excluding hydrogens is 368 g/mol. The molecule has 0 aliphatic rings. The summed E-state index contributed by atoms with van der Waals surface area (Å²) < 4.78 is 6.94. The Morgan fingerprint density at radius 3 is 2.55 bits per heavy atom. The van der Waals surface area contributed by atoms with Gasteiger partial charge >= 0.3 is 0 Å². The fourth-order valence-corrected chi connectivity index (χ4v) is 3.14. The minimum Gasteiger partial charge on any atom is -0.352 e. The van der Waals surface area contributed by atoms with Crippen LogP contribution in [0, 0.1) is 13.8 Å². The van der Waals surface area contributed by atoms with Gasteiger partial charge in [-0.2, -0.15) is 4.98 Å². The minimum atomic E-state index is -0.150. The van der Waals surface area contributed by atoms with Gasteiger partial charge in [-0.05, 0) is 45.4 Å². The molecule has 152 valence electrons. The van der Waals surface area contributed by atoms with E-state index in [-0.39, 0.29) is 29.8 Å². The Labute approximate surface area is 169 Å². The molecule has 0 saturated carbocycles. The number of carbonyl (C=O) groups is 1. The summed E-state index contributed by atoms with van der Waals surface area (Å²) >= 11 is 0. The third-order valence-electron chi connectivity index (χ3n) is 4.72. The number of nitrogens with one attached hydrogen (secondary N) is 1. The van der Waals surface area contributed by atoms with Crippen molar-refractivity contribution in [3.8, 4) is 11.4 Å². The fourth-order valence-electron chi connectivity index (χ4n) is 3.14. The van der Waals surface area contributed by atoms with E-state index in [1.807, 2.05) is 58.0 Å². The normalized spacial score (nSPS) is 11.1. The van der Waals surface area contributed by atoms with E-state index in [1.165, 1.54) is 5.56 Å². The van der Waals surface area contributed by atoms with Gasteiger partial charge in [-0.3, -0.25) is 9.59 Å². The van der Waals surface area contributed by atoms with Gasteiger partial charge in [0.1, 0.15) is 0 Å². The second kappa shape index (κ2) is 8.86. The summed E-state index contributed by atoms with van der Waals surface area (Å²) in [4.78, 5) is 29.1. The molecule has 0 fully saturated rings. The number of pyridine rings is 1. The highest BCUT2D eigenvalue weighted by atomic mass is 16.5. The van der Waals surface area contributed by atoms with Crippen LogP contribution in [0.25, 0.3) is 11.4 Å². The zero-order valence-electron chi connectivity index (χ0n) is 17.2. The minimum absolute atomic E-state index is 0.0334. The number of aromatic nitrogens is 3. The van der Waals surface area contributed by atoms with Gasteiger partial charge in [0.2, 0.25) is 17.6 Å². The summed E-state index contributed by atoms with van der Waals surface area (Å²) in [5.41, 5.74) is 3.35. The Morgan fingerprint density at radius 1 is 1.14 bits per heavy atom. The van der Waals surface area contributed by atoms with Gasteiger partial charge in [0.15, 0.2) is 0 Å². The predicted octanol–water partition coefficient (Wildman–Crippen LogP) is 3.35. The third-order valence-corrected chi connectivity index (χ3v) is 4.72. The van der Waals surface area contributed by atoms with Crippen LogP contribution in [0.5, 0.6) is 0 Å². The predicted molar refractivity (Wildman–Crippen MR) is 110 cm³/mol. The Balaban J connectivity index is 1.61. The van der Waals surface area contributed by atoms with Crippen molar-refractivity contribution >= 4 is 5.91 Å². The van der Waals surface area contributed by atoms with E-state index in [4.69, 9.17) is 4.52 Å². The number of hydrogen-bond acceptors (Lipinski definition) is 5. The zero-order valence-corrected chi connectivity index (χ0v) is 17.2. The van der Waals surface area contributed by atoms with Crippen LogP contribution in [0.2, 0.25) is 0 Å². The molecule has 1 aromatic carbocycles. The van der Waals surface area contributed by atoms with Gasteiger partial charge in [0.05, 0.1) is 5.56 Å². The lowest BCUT2D eigenvalue weighted by Gasteiger charge is -2.14. The molecule has 7 nitrogen and oxygen atoms in total. The van der Waals surface area contributed by atoms with E-state index >= 15 is 0 Å². The van der Waals surface area contributed by atoms with Gasteiger partial charge in [-0.1, -0.05) is 35.0 Å². The number of benzene rings is 1. The summed E-state index contributed by atoms with van der Waals surface area (Å²) in [7, 11) is 0. The highest BCUT2D eigenvalue weighted by Gasteiger charge is 2.16. The molecule has 2 aromatic heterocycles. The first-order valence-corrected chi connectivity index (χ1v) is 9.72. The van der Waals surface area contributed by atoms with Crippen molar-refractivity contribution in [1.82, 2.24) is 20.0 Å². The van der Waals surface area contributed by atoms with E-state index in [9.17, 15) is 9.59 Å². The Bertz CT molecular complexity index is 1050. The van der Waals surface area contributed by atoms with Crippen LogP contribution in [0.4, 0.5) is 0 Å². The van der Waals surface area contributed by atoms with Crippen LogP contribution in [0.3, 0.4) is 0 Å². The Hall–Kier alpha value is -3.22. The van der Waals surface area contributed by atoms with Crippen LogP contribution in [0.15, 0.2) is 45.7 Å². The zero-order chi connectivity index (χ0) is 21.0. The van der Waals surface area contributed by atoms with Crippen molar-refractivity contribution < 1.29 is 9.32 Å². The summed E-state index contributed by atoms with van der Waals surface area (Å²) in [6.45, 7) is 8.30. The molecule has 0 radical (unpaired) electrons. The Morgan fingerprint density at radius 2 is 1.86 bits per heavy atom. The second-order valence-electron chi connectivity index (χ2n) is 7.43. The molecule has 7 heteroatoms. The fraction of sp³-hybridized carbons (Fsp3) is 0.364. The molecule has 1 amide bonds. The van der Waals surface area contributed by atoms with E-state index in [0.717, 1.165) is 11.3 Å². The molecule has 1 N–H and O–H groups in total. The lowest BCUT2D eigenvalue weighted by Crippen LogP contribution is -2.25. The maximum atomic E-state index is 12.7. The van der Waals surface area contributed by atoms with Crippen molar-refractivity contribution in [1.29, 1.82) is 0 Å². The van der Waals surface area contributed by atoms with Gasteiger partial charge < -0.3 is 14.4 Å². The first-order valence-electron chi connectivity index (χ1n) is 9.72. The number of carbonyl (C=O) groups excluding carboxylic acids is 1. The van der Waals surface area contributed by atoms with Crippen LogP contribution >= 0.6 is 0 Å². The molecule has 2 heterocycles. The molecule has 0 saturated heterocycles. The van der Waals surface area contributed by atoms with Crippen LogP contribution in [-0.4, -0.2) is 20.6 Å². The average molecular weight is 394 g/mol. The second-order valence-corrected chi connectivity index (χ2v) is 7.43. The maximum Gasteiger partial charge on any atom is 0.262 e. The number of aryl methyl sites for hydroxylation is 3. The van der Waals surface area contributed by atoms with E-state index in [1.54, 1.807) is 10.6 Å².